The standard InChI is InChI=1S/C20H26N4O/c1-15-10-12-24(13-11-15)18-8-9-19(21-14-18)20(25)22-16-4-6-17(7-5-16)23(2)3/h4-9,14-15H,10-13H2,1-3H3,(H,22,25). The number of benzene rings is 1. The maximum atomic E-state index is 12.4. The van der Waals surface area contributed by atoms with E-state index in [-0.39, 0.29) is 5.91 Å². The molecule has 1 aromatic heterocycles. The second-order valence-electron chi connectivity index (χ2n) is 6.97. The van der Waals surface area contributed by atoms with Crippen molar-refractivity contribution >= 4 is 23.0 Å². The van der Waals surface area contributed by atoms with Crippen LogP contribution in [0.4, 0.5) is 17.1 Å². The Kier molecular flexibility index (Phi) is 5.22. The zero-order valence-electron chi connectivity index (χ0n) is 15.2. The van der Waals surface area contributed by atoms with Crippen LogP contribution in [0.25, 0.3) is 0 Å². The van der Waals surface area contributed by atoms with Crippen molar-refractivity contribution in [2.75, 3.05) is 42.3 Å². The molecular weight excluding hydrogens is 312 g/mol. The predicted octanol–water partition coefficient (Wildman–Crippen LogP) is 3.64. The van der Waals surface area contributed by atoms with Gasteiger partial charge in [0.15, 0.2) is 0 Å². The number of carbonyl (C=O) groups excluding carboxylic acids is 1. The van der Waals surface area contributed by atoms with Crippen LogP contribution in [-0.2, 0) is 0 Å². The van der Waals surface area contributed by atoms with Gasteiger partial charge >= 0.3 is 0 Å². The van der Waals surface area contributed by atoms with E-state index in [1.807, 2.05) is 49.3 Å². The number of piperidine rings is 1. The highest BCUT2D eigenvalue weighted by atomic mass is 16.1. The second-order valence-corrected chi connectivity index (χ2v) is 6.97. The summed E-state index contributed by atoms with van der Waals surface area (Å²) in [6, 6.07) is 11.5. The SMILES string of the molecule is CC1CCN(c2ccc(C(=O)Nc3ccc(N(C)C)cc3)nc2)CC1. The smallest absolute Gasteiger partial charge is 0.274 e. The summed E-state index contributed by atoms with van der Waals surface area (Å²) in [4.78, 5) is 21.1. The Balaban J connectivity index is 1.62. The number of amides is 1. The molecule has 2 heterocycles. The first-order chi connectivity index (χ1) is 12.0. The van der Waals surface area contributed by atoms with E-state index in [0.717, 1.165) is 36.1 Å². The Bertz CT molecular complexity index is 701. The van der Waals surface area contributed by atoms with Gasteiger partial charge in [-0.25, -0.2) is 4.98 Å². The molecule has 0 bridgehead atoms. The third-order valence-electron chi connectivity index (χ3n) is 4.77. The Labute approximate surface area is 149 Å². The fraction of sp³-hybridized carbons (Fsp3) is 0.400. The molecule has 1 aliphatic rings. The molecule has 5 heteroatoms. The van der Waals surface area contributed by atoms with Crippen molar-refractivity contribution in [1.29, 1.82) is 0 Å². The van der Waals surface area contributed by atoms with Crippen LogP contribution >= 0.6 is 0 Å². The van der Waals surface area contributed by atoms with Gasteiger partial charge in [-0.15, -0.1) is 0 Å². The van der Waals surface area contributed by atoms with Gasteiger partial charge in [0.2, 0.25) is 0 Å². The van der Waals surface area contributed by atoms with E-state index in [1.165, 1.54) is 12.8 Å². The van der Waals surface area contributed by atoms with Crippen molar-refractivity contribution in [3.63, 3.8) is 0 Å². The minimum atomic E-state index is -0.184. The Morgan fingerprint density at radius 1 is 1.12 bits per heavy atom. The summed E-state index contributed by atoms with van der Waals surface area (Å²) in [7, 11) is 3.98. The van der Waals surface area contributed by atoms with Crippen LogP contribution in [0.2, 0.25) is 0 Å². The average molecular weight is 338 g/mol. The molecular formula is C20H26N4O. The molecule has 1 aromatic carbocycles. The van der Waals surface area contributed by atoms with Gasteiger partial charge in [-0.3, -0.25) is 4.79 Å². The van der Waals surface area contributed by atoms with E-state index >= 15 is 0 Å². The van der Waals surface area contributed by atoms with Gasteiger partial charge in [0, 0.05) is 38.6 Å². The van der Waals surface area contributed by atoms with Crippen molar-refractivity contribution in [1.82, 2.24) is 4.98 Å². The largest absolute Gasteiger partial charge is 0.378 e. The number of anilines is 3. The lowest BCUT2D eigenvalue weighted by Crippen LogP contribution is -2.32. The highest BCUT2D eigenvalue weighted by Crippen LogP contribution is 2.22. The molecule has 132 valence electrons. The highest BCUT2D eigenvalue weighted by molar-refractivity contribution is 6.03. The molecule has 3 rings (SSSR count). The number of pyridine rings is 1. The summed E-state index contributed by atoms with van der Waals surface area (Å²) in [5, 5.41) is 2.90. The van der Waals surface area contributed by atoms with Crippen LogP contribution in [0.15, 0.2) is 42.6 Å². The Hall–Kier alpha value is -2.56. The predicted molar refractivity (Wildman–Crippen MR) is 104 cm³/mol. The van der Waals surface area contributed by atoms with E-state index in [9.17, 15) is 4.79 Å². The second kappa shape index (κ2) is 7.55. The number of aromatic nitrogens is 1. The van der Waals surface area contributed by atoms with Gasteiger partial charge in [0.1, 0.15) is 5.69 Å². The third kappa shape index (κ3) is 4.29. The van der Waals surface area contributed by atoms with Gasteiger partial charge in [0.05, 0.1) is 11.9 Å². The van der Waals surface area contributed by atoms with Crippen LogP contribution in [0, 0.1) is 5.92 Å². The first-order valence-electron chi connectivity index (χ1n) is 8.82. The van der Waals surface area contributed by atoms with E-state index in [1.54, 1.807) is 12.3 Å². The molecule has 0 unspecified atom stereocenters. The van der Waals surface area contributed by atoms with Crippen molar-refractivity contribution in [2.45, 2.75) is 19.8 Å². The summed E-state index contributed by atoms with van der Waals surface area (Å²) < 4.78 is 0. The minimum Gasteiger partial charge on any atom is -0.378 e. The zero-order valence-corrected chi connectivity index (χ0v) is 15.2. The quantitative estimate of drug-likeness (QED) is 0.925. The topological polar surface area (TPSA) is 48.5 Å². The van der Waals surface area contributed by atoms with E-state index in [0.29, 0.717) is 5.69 Å². The highest BCUT2D eigenvalue weighted by Gasteiger charge is 2.17. The van der Waals surface area contributed by atoms with Crippen molar-refractivity contribution in [3.05, 3.63) is 48.3 Å². The molecule has 0 aliphatic carbocycles. The average Bonchev–Trinajstić information content (AvgIpc) is 2.63. The monoisotopic (exact) mass is 338 g/mol. The van der Waals surface area contributed by atoms with Gasteiger partial charge in [-0.1, -0.05) is 6.92 Å². The number of nitrogens with one attached hydrogen (secondary N) is 1. The fourth-order valence-corrected chi connectivity index (χ4v) is 3.01. The van der Waals surface area contributed by atoms with Gasteiger partial charge in [-0.05, 0) is 55.2 Å². The molecule has 0 spiro atoms. The minimum absolute atomic E-state index is 0.184. The molecule has 1 amide bonds. The van der Waals surface area contributed by atoms with Crippen molar-refractivity contribution in [2.24, 2.45) is 5.92 Å². The molecule has 0 atom stereocenters. The first-order valence-corrected chi connectivity index (χ1v) is 8.82. The number of hydrogen-bond donors (Lipinski definition) is 1. The molecule has 0 saturated carbocycles. The van der Waals surface area contributed by atoms with Crippen LogP contribution in [0.3, 0.4) is 0 Å². The van der Waals surface area contributed by atoms with Crippen LogP contribution < -0.4 is 15.1 Å². The lowest BCUT2D eigenvalue weighted by Gasteiger charge is -2.31. The lowest BCUT2D eigenvalue weighted by atomic mass is 9.99. The van der Waals surface area contributed by atoms with E-state index in [4.69, 9.17) is 0 Å². The van der Waals surface area contributed by atoms with E-state index in [2.05, 4.69) is 22.1 Å². The molecule has 25 heavy (non-hydrogen) atoms. The van der Waals surface area contributed by atoms with Crippen LogP contribution in [0.1, 0.15) is 30.3 Å². The fourth-order valence-electron chi connectivity index (χ4n) is 3.01. The number of hydrogen-bond acceptors (Lipinski definition) is 4. The number of nitrogens with zero attached hydrogens (tertiary/aromatic N) is 3. The Morgan fingerprint density at radius 2 is 1.80 bits per heavy atom. The first kappa shape index (κ1) is 17.3. The summed E-state index contributed by atoms with van der Waals surface area (Å²) in [6.45, 7) is 4.42. The van der Waals surface area contributed by atoms with Gasteiger partial charge < -0.3 is 15.1 Å². The van der Waals surface area contributed by atoms with E-state index < -0.39 is 0 Å². The maximum absolute atomic E-state index is 12.4. The summed E-state index contributed by atoms with van der Waals surface area (Å²) in [5.74, 6) is 0.615. The molecule has 1 N–H and O–H groups in total. The molecule has 2 aromatic rings. The number of carbonyl (C=O) groups is 1. The molecule has 1 fully saturated rings. The molecule has 1 aliphatic heterocycles. The maximum Gasteiger partial charge on any atom is 0.274 e. The summed E-state index contributed by atoms with van der Waals surface area (Å²) in [6.07, 6.45) is 4.23. The zero-order chi connectivity index (χ0) is 17.8. The van der Waals surface area contributed by atoms with Gasteiger partial charge in [-0.2, -0.15) is 0 Å². The number of rotatable bonds is 4. The molecule has 0 radical (unpaired) electrons. The summed E-state index contributed by atoms with van der Waals surface area (Å²) in [5.41, 5.74) is 3.40. The normalized spacial score (nSPS) is 15.1. The lowest BCUT2D eigenvalue weighted by molar-refractivity contribution is 0.102. The molecule has 5 nitrogen and oxygen atoms in total. The third-order valence-corrected chi connectivity index (χ3v) is 4.77. The van der Waals surface area contributed by atoms with Crippen LogP contribution in [-0.4, -0.2) is 38.1 Å². The Morgan fingerprint density at radius 3 is 2.36 bits per heavy atom. The van der Waals surface area contributed by atoms with Crippen molar-refractivity contribution < 1.29 is 4.79 Å². The van der Waals surface area contributed by atoms with Crippen molar-refractivity contribution in [3.8, 4) is 0 Å². The van der Waals surface area contributed by atoms with Crippen LogP contribution in [0.5, 0.6) is 0 Å². The van der Waals surface area contributed by atoms with Gasteiger partial charge in [0.25, 0.3) is 5.91 Å². The molecule has 1 saturated heterocycles. The summed E-state index contributed by atoms with van der Waals surface area (Å²) >= 11 is 0.